The summed E-state index contributed by atoms with van der Waals surface area (Å²) in [6.45, 7) is 0.266. The van der Waals surface area contributed by atoms with Crippen LogP contribution in [0.25, 0.3) is 0 Å². The van der Waals surface area contributed by atoms with Gasteiger partial charge in [0.15, 0.2) is 0 Å². The van der Waals surface area contributed by atoms with Gasteiger partial charge in [-0.25, -0.2) is 13.1 Å². The summed E-state index contributed by atoms with van der Waals surface area (Å²) >= 11 is 0. The molecule has 0 aromatic rings. The fraction of sp³-hybridized carbons (Fsp3) is 1.00. The Balaban J connectivity index is 2.26. The van der Waals surface area contributed by atoms with Gasteiger partial charge in [-0.1, -0.05) is 0 Å². The van der Waals surface area contributed by atoms with Crippen molar-refractivity contribution in [2.75, 3.05) is 19.5 Å². The molecule has 5 heteroatoms. The summed E-state index contributed by atoms with van der Waals surface area (Å²) in [6, 6.07) is 0.205. The zero-order valence-corrected chi connectivity index (χ0v) is 7.36. The molecule has 0 bridgehead atoms. The first kappa shape index (κ1) is 8.96. The van der Waals surface area contributed by atoms with Crippen LogP contribution < -0.4 is 4.72 Å². The van der Waals surface area contributed by atoms with Gasteiger partial charge < -0.3 is 4.74 Å². The Morgan fingerprint density at radius 2 is 2.18 bits per heavy atom. The molecule has 0 spiro atoms. The molecular weight excluding hydrogens is 166 g/mol. The lowest BCUT2D eigenvalue weighted by Gasteiger charge is -2.03. The molecule has 0 saturated heterocycles. The zero-order valence-electron chi connectivity index (χ0n) is 6.54. The Kier molecular flexibility index (Phi) is 2.86. The van der Waals surface area contributed by atoms with Gasteiger partial charge in [-0.15, -0.1) is 0 Å². The third kappa shape index (κ3) is 3.69. The molecule has 0 aromatic carbocycles. The zero-order chi connectivity index (χ0) is 8.32. The molecule has 1 aliphatic carbocycles. The molecule has 1 fully saturated rings. The van der Waals surface area contributed by atoms with Gasteiger partial charge in [-0.05, 0) is 12.8 Å². The van der Waals surface area contributed by atoms with E-state index in [1.165, 1.54) is 7.11 Å². The highest BCUT2D eigenvalue weighted by molar-refractivity contribution is 7.89. The molecule has 1 N–H and O–H groups in total. The van der Waals surface area contributed by atoms with E-state index in [1.807, 2.05) is 0 Å². The van der Waals surface area contributed by atoms with Gasteiger partial charge in [0, 0.05) is 13.2 Å². The van der Waals surface area contributed by atoms with Gasteiger partial charge in [-0.2, -0.15) is 0 Å². The van der Waals surface area contributed by atoms with E-state index in [4.69, 9.17) is 0 Å². The summed E-state index contributed by atoms with van der Waals surface area (Å²) in [5, 5.41) is 0. The van der Waals surface area contributed by atoms with Crippen molar-refractivity contribution >= 4 is 10.0 Å². The predicted molar refractivity (Wildman–Crippen MR) is 41.8 cm³/mol. The van der Waals surface area contributed by atoms with Crippen molar-refractivity contribution in [1.29, 1.82) is 0 Å². The molecule has 0 aromatic heterocycles. The number of hydrogen-bond acceptors (Lipinski definition) is 3. The maximum atomic E-state index is 11.0. The van der Waals surface area contributed by atoms with E-state index < -0.39 is 10.0 Å². The Bertz CT molecular complexity index is 208. The van der Waals surface area contributed by atoms with Gasteiger partial charge in [0.05, 0.1) is 12.4 Å². The standard InChI is InChI=1S/C6H13NO3S/c1-10-4-5-11(8,9)7-6-2-3-6/h6-7H,2-5H2,1H3. The van der Waals surface area contributed by atoms with E-state index in [0.717, 1.165) is 12.8 Å². The molecule has 0 amide bonds. The lowest BCUT2D eigenvalue weighted by Crippen LogP contribution is -2.29. The summed E-state index contributed by atoms with van der Waals surface area (Å²) in [6.07, 6.45) is 1.96. The summed E-state index contributed by atoms with van der Waals surface area (Å²) in [7, 11) is -1.56. The minimum atomic E-state index is -3.06. The fourth-order valence-corrected chi connectivity index (χ4v) is 1.95. The normalized spacial score (nSPS) is 18.6. The summed E-state index contributed by atoms with van der Waals surface area (Å²) in [5.74, 6) is 0.0694. The summed E-state index contributed by atoms with van der Waals surface area (Å²) in [4.78, 5) is 0. The third-order valence-corrected chi connectivity index (χ3v) is 2.88. The number of nitrogens with one attached hydrogen (secondary N) is 1. The number of rotatable bonds is 5. The van der Waals surface area contributed by atoms with Crippen LogP contribution in [-0.4, -0.2) is 33.9 Å². The molecule has 11 heavy (non-hydrogen) atoms. The molecule has 66 valence electrons. The number of methoxy groups -OCH3 is 1. The molecule has 0 radical (unpaired) electrons. The van der Waals surface area contributed by atoms with E-state index in [0.29, 0.717) is 0 Å². The predicted octanol–water partition coefficient (Wildman–Crippen LogP) is -0.285. The van der Waals surface area contributed by atoms with E-state index in [-0.39, 0.29) is 18.4 Å². The SMILES string of the molecule is COCCS(=O)(=O)NC1CC1. The largest absolute Gasteiger partial charge is 0.384 e. The number of ether oxygens (including phenoxy) is 1. The highest BCUT2D eigenvalue weighted by atomic mass is 32.2. The summed E-state index contributed by atoms with van der Waals surface area (Å²) < 4.78 is 29.3. The van der Waals surface area contributed by atoms with Crippen LogP contribution in [0.2, 0.25) is 0 Å². The molecule has 4 nitrogen and oxygen atoms in total. The maximum absolute atomic E-state index is 11.0. The van der Waals surface area contributed by atoms with Crippen LogP contribution in [0, 0.1) is 0 Å². The molecule has 1 rings (SSSR count). The van der Waals surface area contributed by atoms with Crippen molar-refractivity contribution in [2.24, 2.45) is 0 Å². The summed E-state index contributed by atoms with van der Waals surface area (Å²) in [5.41, 5.74) is 0. The highest BCUT2D eigenvalue weighted by Gasteiger charge is 2.26. The van der Waals surface area contributed by atoms with Crippen LogP contribution in [-0.2, 0) is 14.8 Å². The van der Waals surface area contributed by atoms with Crippen LogP contribution in [0.15, 0.2) is 0 Å². The third-order valence-electron chi connectivity index (χ3n) is 1.48. The average Bonchev–Trinajstić information content (AvgIpc) is 2.67. The van der Waals surface area contributed by atoms with Gasteiger partial charge in [0.1, 0.15) is 0 Å². The second-order valence-corrected chi connectivity index (χ2v) is 4.58. The second-order valence-electron chi connectivity index (χ2n) is 2.70. The van der Waals surface area contributed by atoms with Gasteiger partial charge in [0.2, 0.25) is 10.0 Å². The molecule has 1 aliphatic rings. The van der Waals surface area contributed by atoms with E-state index in [9.17, 15) is 8.42 Å². The maximum Gasteiger partial charge on any atom is 0.214 e. The first-order chi connectivity index (χ1) is 5.14. The van der Waals surface area contributed by atoms with Gasteiger partial charge >= 0.3 is 0 Å². The quantitative estimate of drug-likeness (QED) is 0.631. The van der Waals surface area contributed by atoms with Crippen molar-refractivity contribution in [1.82, 2.24) is 4.72 Å². The minimum absolute atomic E-state index is 0.0694. The van der Waals surface area contributed by atoms with E-state index in [1.54, 1.807) is 0 Å². The van der Waals surface area contributed by atoms with Gasteiger partial charge in [-0.3, -0.25) is 0 Å². The molecular formula is C6H13NO3S. The Labute approximate surface area is 67.0 Å². The topological polar surface area (TPSA) is 55.4 Å². The van der Waals surface area contributed by atoms with Crippen molar-refractivity contribution in [3.63, 3.8) is 0 Å². The van der Waals surface area contributed by atoms with Crippen LogP contribution in [0.4, 0.5) is 0 Å². The molecule has 0 aliphatic heterocycles. The van der Waals surface area contributed by atoms with Crippen LogP contribution in [0.1, 0.15) is 12.8 Å². The first-order valence-electron chi connectivity index (χ1n) is 3.63. The highest BCUT2D eigenvalue weighted by Crippen LogP contribution is 2.19. The molecule has 0 unspecified atom stereocenters. The average molecular weight is 179 g/mol. The lowest BCUT2D eigenvalue weighted by atomic mass is 10.8. The van der Waals surface area contributed by atoms with Crippen molar-refractivity contribution < 1.29 is 13.2 Å². The Morgan fingerprint density at radius 3 is 2.64 bits per heavy atom. The Hall–Kier alpha value is -0.130. The first-order valence-corrected chi connectivity index (χ1v) is 5.28. The monoisotopic (exact) mass is 179 g/mol. The lowest BCUT2D eigenvalue weighted by molar-refractivity contribution is 0.217. The second kappa shape index (κ2) is 3.51. The van der Waals surface area contributed by atoms with E-state index in [2.05, 4.69) is 9.46 Å². The molecule has 0 heterocycles. The van der Waals surface area contributed by atoms with Crippen molar-refractivity contribution in [2.45, 2.75) is 18.9 Å². The van der Waals surface area contributed by atoms with Crippen LogP contribution in [0.5, 0.6) is 0 Å². The Morgan fingerprint density at radius 1 is 1.55 bits per heavy atom. The van der Waals surface area contributed by atoms with E-state index >= 15 is 0 Å². The molecule has 0 atom stereocenters. The van der Waals surface area contributed by atoms with Crippen LogP contribution >= 0.6 is 0 Å². The van der Waals surface area contributed by atoms with Crippen molar-refractivity contribution in [3.8, 4) is 0 Å². The molecule has 1 saturated carbocycles. The van der Waals surface area contributed by atoms with Crippen LogP contribution in [0.3, 0.4) is 0 Å². The van der Waals surface area contributed by atoms with Crippen molar-refractivity contribution in [3.05, 3.63) is 0 Å². The number of hydrogen-bond donors (Lipinski definition) is 1. The minimum Gasteiger partial charge on any atom is -0.384 e. The van der Waals surface area contributed by atoms with Gasteiger partial charge in [0.25, 0.3) is 0 Å². The fourth-order valence-electron chi connectivity index (χ4n) is 0.707. The number of sulfonamides is 1. The smallest absolute Gasteiger partial charge is 0.214 e.